The van der Waals surface area contributed by atoms with Gasteiger partial charge in [0.25, 0.3) is 10.0 Å². The number of likely N-dealkylation sites (tertiary alicyclic amines) is 1. The van der Waals surface area contributed by atoms with E-state index in [0.29, 0.717) is 56.7 Å². The lowest BCUT2D eigenvalue weighted by Gasteiger charge is -2.39. The van der Waals surface area contributed by atoms with Gasteiger partial charge in [-0.15, -0.1) is 4.40 Å². The Hall–Kier alpha value is -2.42. The summed E-state index contributed by atoms with van der Waals surface area (Å²) in [5, 5.41) is 6.18. The Kier molecular flexibility index (Phi) is 7.07. The first kappa shape index (κ1) is 23.7. The van der Waals surface area contributed by atoms with Crippen molar-refractivity contribution in [3.63, 3.8) is 0 Å². The average Bonchev–Trinajstić information content (AvgIpc) is 3.11. The second-order valence-corrected chi connectivity index (χ2v) is 11.0. The summed E-state index contributed by atoms with van der Waals surface area (Å²) in [5.41, 5.74) is -0.173. The summed E-state index contributed by atoms with van der Waals surface area (Å²) in [6.45, 7) is 3.83. The zero-order valence-corrected chi connectivity index (χ0v) is 20.1. The second kappa shape index (κ2) is 9.83. The van der Waals surface area contributed by atoms with Crippen molar-refractivity contribution in [2.24, 2.45) is 10.3 Å². The third-order valence-corrected chi connectivity index (χ3v) is 8.42. The van der Waals surface area contributed by atoms with Crippen LogP contribution in [0.1, 0.15) is 70.3 Å². The molecular formula is C24H34N4O4S. The minimum absolute atomic E-state index is 0.0523. The summed E-state index contributed by atoms with van der Waals surface area (Å²) in [7, 11) is -3.66. The van der Waals surface area contributed by atoms with Crippen molar-refractivity contribution in [3.8, 4) is 0 Å². The van der Waals surface area contributed by atoms with Gasteiger partial charge in [-0.3, -0.25) is 9.59 Å². The smallest absolute Gasteiger partial charge is 0.285 e. The SMILES string of the molecule is CCCCNC(=O)C1(NC(=O)C2CCN(C3=NS(=O)(=O)c4ccccc43)CC2)CCCCC1. The highest BCUT2D eigenvalue weighted by Crippen LogP contribution is 2.32. The summed E-state index contributed by atoms with van der Waals surface area (Å²) in [6.07, 6.45) is 7.46. The van der Waals surface area contributed by atoms with E-state index in [1.807, 2.05) is 11.0 Å². The Morgan fingerprint density at radius 3 is 2.52 bits per heavy atom. The molecular weight excluding hydrogens is 440 g/mol. The van der Waals surface area contributed by atoms with Crippen molar-refractivity contribution in [2.45, 2.75) is 75.1 Å². The number of nitrogens with one attached hydrogen (secondary N) is 2. The minimum Gasteiger partial charge on any atom is -0.355 e. The molecule has 1 aromatic carbocycles. The van der Waals surface area contributed by atoms with E-state index in [9.17, 15) is 18.0 Å². The zero-order valence-electron chi connectivity index (χ0n) is 19.3. The van der Waals surface area contributed by atoms with Gasteiger partial charge in [-0.25, -0.2) is 0 Å². The fourth-order valence-corrected chi connectivity index (χ4v) is 6.35. The van der Waals surface area contributed by atoms with Crippen LogP contribution in [0.3, 0.4) is 0 Å². The molecule has 1 saturated carbocycles. The molecule has 3 aliphatic rings. The predicted octanol–water partition coefficient (Wildman–Crippen LogP) is 2.58. The number of unbranched alkanes of at least 4 members (excludes halogenated alkanes) is 1. The van der Waals surface area contributed by atoms with Crippen LogP contribution in [0.5, 0.6) is 0 Å². The van der Waals surface area contributed by atoms with Crippen molar-refractivity contribution in [1.29, 1.82) is 0 Å². The van der Waals surface area contributed by atoms with Gasteiger partial charge in [-0.05, 0) is 44.2 Å². The van der Waals surface area contributed by atoms with Crippen molar-refractivity contribution in [1.82, 2.24) is 15.5 Å². The Morgan fingerprint density at radius 2 is 1.82 bits per heavy atom. The number of nitrogens with zero attached hydrogens (tertiary/aromatic N) is 2. The lowest BCUT2D eigenvalue weighted by atomic mass is 9.80. The van der Waals surface area contributed by atoms with Gasteiger partial charge in [0.15, 0.2) is 5.84 Å². The molecule has 2 N–H and O–H groups in total. The van der Waals surface area contributed by atoms with Crippen molar-refractivity contribution >= 4 is 27.7 Å². The van der Waals surface area contributed by atoms with Gasteiger partial charge < -0.3 is 15.5 Å². The van der Waals surface area contributed by atoms with Crippen molar-refractivity contribution in [3.05, 3.63) is 29.8 Å². The maximum Gasteiger partial charge on any atom is 0.285 e. The van der Waals surface area contributed by atoms with Crippen LogP contribution in [-0.4, -0.2) is 56.1 Å². The molecule has 180 valence electrons. The first-order valence-electron chi connectivity index (χ1n) is 12.2. The van der Waals surface area contributed by atoms with E-state index in [0.717, 1.165) is 32.1 Å². The monoisotopic (exact) mass is 474 g/mol. The topological polar surface area (TPSA) is 108 Å². The molecule has 0 bridgehead atoms. The molecule has 2 fully saturated rings. The maximum absolute atomic E-state index is 13.2. The molecule has 8 nitrogen and oxygen atoms in total. The number of fused-ring (bicyclic) bond motifs is 1. The molecule has 33 heavy (non-hydrogen) atoms. The molecule has 9 heteroatoms. The van der Waals surface area contributed by atoms with Crippen LogP contribution in [0.4, 0.5) is 0 Å². The summed E-state index contributed by atoms with van der Waals surface area (Å²) in [4.78, 5) is 28.4. The first-order chi connectivity index (χ1) is 15.9. The predicted molar refractivity (Wildman–Crippen MR) is 126 cm³/mol. The molecule has 0 unspecified atom stereocenters. The van der Waals surface area contributed by atoms with Crippen LogP contribution in [-0.2, 0) is 19.6 Å². The third-order valence-electron chi connectivity index (χ3n) is 7.10. The molecule has 1 aliphatic carbocycles. The fourth-order valence-electron chi connectivity index (χ4n) is 5.12. The standard InChI is InChI=1S/C24H34N4O4S/c1-2-3-15-25-23(30)24(13-7-4-8-14-24)26-22(29)18-11-16-28(17-12-18)21-19-9-5-6-10-20(19)33(31,32)27-21/h5-6,9-10,18H,2-4,7-8,11-17H2,1H3,(H,25,30)(H,26,29). The van der Waals surface area contributed by atoms with Gasteiger partial charge in [0.1, 0.15) is 10.4 Å². The highest BCUT2D eigenvalue weighted by molar-refractivity contribution is 7.90. The van der Waals surface area contributed by atoms with E-state index >= 15 is 0 Å². The first-order valence-corrected chi connectivity index (χ1v) is 13.6. The van der Waals surface area contributed by atoms with Gasteiger partial charge in [-0.1, -0.05) is 44.7 Å². The Balaban J connectivity index is 1.39. The van der Waals surface area contributed by atoms with Crippen LogP contribution in [0, 0.1) is 5.92 Å². The largest absolute Gasteiger partial charge is 0.355 e. The lowest BCUT2D eigenvalue weighted by molar-refractivity contribution is -0.137. The molecule has 4 rings (SSSR count). The average molecular weight is 475 g/mol. The Bertz CT molecular complexity index is 1020. The third kappa shape index (κ3) is 4.93. The summed E-state index contributed by atoms with van der Waals surface area (Å²) in [6, 6.07) is 6.87. The van der Waals surface area contributed by atoms with E-state index in [-0.39, 0.29) is 22.6 Å². The Morgan fingerprint density at radius 1 is 1.12 bits per heavy atom. The van der Waals surface area contributed by atoms with Crippen molar-refractivity contribution < 1.29 is 18.0 Å². The van der Waals surface area contributed by atoms with Crippen LogP contribution in [0.2, 0.25) is 0 Å². The lowest BCUT2D eigenvalue weighted by Crippen LogP contribution is -2.61. The molecule has 1 saturated heterocycles. The fraction of sp³-hybridized carbons (Fsp3) is 0.625. The number of amides is 2. The summed E-state index contributed by atoms with van der Waals surface area (Å²) >= 11 is 0. The van der Waals surface area contributed by atoms with Crippen LogP contribution in [0.25, 0.3) is 0 Å². The zero-order chi connectivity index (χ0) is 23.5. The molecule has 1 aromatic rings. The normalized spacial score (nSPS) is 21.7. The minimum atomic E-state index is -3.66. The quantitative estimate of drug-likeness (QED) is 0.616. The van der Waals surface area contributed by atoms with Crippen molar-refractivity contribution in [2.75, 3.05) is 19.6 Å². The number of hydrogen-bond acceptors (Lipinski definition) is 5. The summed E-state index contributed by atoms with van der Waals surface area (Å²) < 4.78 is 28.8. The van der Waals surface area contributed by atoms with Gasteiger partial charge in [0.05, 0.1) is 0 Å². The molecule has 2 heterocycles. The molecule has 0 radical (unpaired) electrons. The number of carbonyl (C=O) groups excluding carboxylic acids is 2. The van der Waals surface area contributed by atoms with Gasteiger partial charge in [0.2, 0.25) is 11.8 Å². The summed E-state index contributed by atoms with van der Waals surface area (Å²) in [5.74, 6) is 0.160. The van der Waals surface area contributed by atoms with Gasteiger partial charge in [-0.2, -0.15) is 8.42 Å². The van der Waals surface area contributed by atoms with E-state index in [4.69, 9.17) is 0 Å². The number of hydrogen-bond donors (Lipinski definition) is 2. The van der Waals surface area contributed by atoms with E-state index in [1.54, 1.807) is 18.2 Å². The van der Waals surface area contributed by atoms with Crippen LogP contribution < -0.4 is 10.6 Å². The number of carbonyl (C=O) groups is 2. The number of piperidine rings is 1. The molecule has 0 atom stereocenters. The molecule has 0 spiro atoms. The van der Waals surface area contributed by atoms with Crippen LogP contribution >= 0.6 is 0 Å². The van der Waals surface area contributed by atoms with E-state index in [1.165, 1.54) is 0 Å². The number of rotatable bonds is 6. The number of benzene rings is 1. The second-order valence-electron chi connectivity index (χ2n) is 9.39. The highest BCUT2D eigenvalue weighted by Gasteiger charge is 2.42. The van der Waals surface area contributed by atoms with Crippen LogP contribution in [0.15, 0.2) is 33.6 Å². The molecule has 2 aliphatic heterocycles. The number of amidine groups is 1. The molecule has 2 amide bonds. The maximum atomic E-state index is 13.2. The van der Waals surface area contributed by atoms with E-state index < -0.39 is 15.6 Å². The highest BCUT2D eigenvalue weighted by atomic mass is 32.2. The van der Waals surface area contributed by atoms with Gasteiger partial charge >= 0.3 is 0 Å². The molecule has 0 aromatic heterocycles. The van der Waals surface area contributed by atoms with Gasteiger partial charge in [0, 0.05) is 31.1 Å². The Labute approximate surface area is 196 Å². The number of sulfonamides is 1. The van der Waals surface area contributed by atoms with E-state index in [2.05, 4.69) is 22.0 Å².